The first-order valence-corrected chi connectivity index (χ1v) is 3.69. The Balaban J connectivity index is 2.48. The van der Waals surface area contributed by atoms with Crippen LogP contribution in [-0.2, 0) is 0 Å². The Morgan fingerprint density at radius 3 is 3.00 bits per heavy atom. The van der Waals surface area contributed by atoms with E-state index in [-0.39, 0.29) is 0 Å². The van der Waals surface area contributed by atoms with E-state index < -0.39 is 0 Å². The monoisotopic (exact) mass is 122 g/mol. The van der Waals surface area contributed by atoms with Gasteiger partial charge in [0.25, 0.3) is 0 Å². The number of rotatable bonds is 1. The van der Waals surface area contributed by atoms with Gasteiger partial charge in [0.05, 0.1) is 0 Å². The van der Waals surface area contributed by atoms with Crippen LogP contribution in [0, 0.1) is 5.92 Å². The molecule has 1 aliphatic rings. The highest BCUT2D eigenvalue weighted by atomic mass is 14.1. The van der Waals surface area contributed by atoms with Crippen molar-refractivity contribution in [3.63, 3.8) is 0 Å². The summed E-state index contributed by atoms with van der Waals surface area (Å²) in [6.07, 6.45) is 8.24. The molecular formula is C9H14. The molecule has 0 fully saturated rings. The zero-order chi connectivity index (χ0) is 6.69. The quantitative estimate of drug-likeness (QED) is 0.501. The smallest absolute Gasteiger partial charge is 0.0230 e. The van der Waals surface area contributed by atoms with Crippen LogP contribution in [0.4, 0.5) is 0 Å². The summed E-state index contributed by atoms with van der Waals surface area (Å²) in [5, 5.41) is 0. The lowest BCUT2D eigenvalue weighted by atomic mass is 9.92. The molecule has 0 bridgehead atoms. The van der Waals surface area contributed by atoms with Crippen molar-refractivity contribution in [3.8, 4) is 0 Å². The second kappa shape index (κ2) is 2.86. The lowest BCUT2D eigenvalue weighted by Crippen LogP contribution is -1.99. The number of hydrogen-bond acceptors (Lipinski definition) is 0. The Labute approximate surface area is 57.3 Å². The van der Waals surface area contributed by atoms with E-state index in [0.29, 0.717) is 0 Å². The van der Waals surface area contributed by atoms with Crippen LogP contribution in [0.2, 0.25) is 0 Å². The molecule has 1 atom stereocenters. The maximum Gasteiger partial charge on any atom is -0.0230 e. The average Bonchev–Trinajstić information content (AvgIpc) is 1.90. The average molecular weight is 122 g/mol. The Morgan fingerprint density at radius 2 is 2.56 bits per heavy atom. The van der Waals surface area contributed by atoms with Crippen LogP contribution in [-0.4, -0.2) is 0 Å². The van der Waals surface area contributed by atoms with E-state index >= 15 is 0 Å². The summed E-state index contributed by atoms with van der Waals surface area (Å²) in [6.45, 7) is 6.14. The van der Waals surface area contributed by atoms with Crippen LogP contribution >= 0.6 is 0 Å². The molecule has 0 heteroatoms. The van der Waals surface area contributed by atoms with E-state index in [1.165, 1.54) is 24.8 Å². The third-order valence-corrected chi connectivity index (χ3v) is 1.96. The van der Waals surface area contributed by atoms with Gasteiger partial charge in [0.2, 0.25) is 0 Å². The molecule has 0 N–H and O–H groups in total. The van der Waals surface area contributed by atoms with Crippen LogP contribution in [0.5, 0.6) is 0 Å². The zero-order valence-corrected chi connectivity index (χ0v) is 6.06. The van der Waals surface area contributed by atoms with E-state index in [4.69, 9.17) is 0 Å². The van der Waals surface area contributed by atoms with E-state index in [0.717, 1.165) is 5.92 Å². The first-order chi connectivity index (χ1) is 4.33. The highest BCUT2D eigenvalue weighted by molar-refractivity contribution is 5.18. The molecule has 1 aliphatic carbocycles. The molecule has 0 aromatic rings. The molecule has 0 aliphatic heterocycles. The molecule has 0 saturated carbocycles. The van der Waals surface area contributed by atoms with Crippen molar-refractivity contribution in [2.45, 2.75) is 26.2 Å². The van der Waals surface area contributed by atoms with Crippen molar-refractivity contribution in [3.05, 3.63) is 24.3 Å². The number of allylic oxidation sites excluding steroid dienone is 3. The first kappa shape index (κ1) is 6.60. The summed E-state index contributed by atoms with van der Waals surface area (Å²) in [5.41, 5.74) is 1.29. The summed E-state index contributed by atoms with van der Waals surface area (Å²) in [4.78, 5) is 0. The van der Waals surface area contributed by atoms with Crippen LogP contribution in [0.15, 0.2) is 24.3 Å². The van der Waals surface area contributed by atoms with Gasteiger partial charge in [-0.2, -0.15) is 0 Å². The molecule has 0 spiro atoms. The van der Waals surface area contributed by atoms with Crippen LogP contribution in [0.25, 0.3) is 0 Å². The van der Waals surface area contributed by atoms with Crippen LogP contribution in [0.1, 0.15) is 26.2 Å². The molecule has 0 aromatic carbocycles. The molecular weight excluding hydrogens is 108 g/mol. The molecule has 1 rings (SSSR count). The fourth-order valence-electron chi connectivity index (χ4n) is 1.16. The van der Waals surface area contributed by atoms with Crippen LogP contribution < -0.4 is 0 Å². The molecule has 0 aromatic heterocycles. The Kier molecular flexibility index (Phi) is 2.10. The Bertz CT molecular complexity index is 131. The van der Waals surface area contributed by atoms with Crippen molar-refractivity contribution in [1.29, 1.82) is 0 Å². The normalized spacial score (nSPS) is 26.8. The van der Waals surface area contributed by atoms with Gasteiger partial charge in [-0.3, -0.25) is 0 Å². The van der Waals surface area contributed by atoms with Gasteiger partial charge in [0.15, 0.2) is 0 Å². The van der Waals surface area contributed by atoms with Crippen molar-refractivity contribution in [2.75, 3.05) is 0 Å². The lowest BCUT2D eigenvalue weighted by molar-refractivity contribution is 0.560. The van der Waals surface area contributed by atoms with Gasteiger partial charge >= 0.3 is 0 Å². The van der Waals surface area contributed by atoms with E-state index in [9.17, 15) is 0 Å². The molecule has 0 saturated heterocycles. The predicted octanol–water partition coefficient (Wildman–Crippen LogP) is 2.92. The van der Waals surface area contributed by atoms with Gasteiger partial charge in [-0.25, -0.2) is 0 Å². The highest BCUT2D eigenvalue weighted by Gasteiger charge is 2.06. The third-order valence-electron chi connectivity index (χ3n) is 1.96. The maximum absolute atomic E-state index is 3.90. The maximum atomic E-state index is 3.90. The molecule has 0 heterocycles. The summed E-state index contributed by atoms with van der Waals surface area (Å²) >= 11 is 0. The fourth-order valence-corrected chi connectivity index (χ4v) is 1.16. The van der Waals surface area contributed by atoms with Crippen LogP contribution in [0.3, 0.4) is 0 Å². The van der Waals surface area contributed by atoms with Gasteiger partial charge in [-0.05, 0) is 25.2 Å². The number of hydrogen-bond donors (Lipinski definition) is 0. The molecule has 0 amide bonds. The molecule has 50 valence electrons. The van der Waals surface area contributed by atoms with Gasteiger partial charge in [0, 0.05) is 0 Å². The standard InChI is InChI=1S/C9H14/c1-3-9-6-4-8(2)5-7-9/h4,6,9H,2-3,5,7H2,1H3. The Hall–Kier alpha value is -0.520. The summed E-state index contributed by atoms with van der Waals surface area (Å²) in [6, 6.07) is 0. The summed E-state index contributed by atoms with van der Waals surface area (Å²) < 4.78 is 0. The van der Waals surface area contributed by atoms with Gasteiger partial charge in [-0.1, -0.05) is 31.2 Å². The minimum Gasteiger partial charge on any atom is -0.0958 e. The van der Waals surface area contributed by atoms with Crippen molar-refractivity contribution < 1.29 is 0 Å². The zero-order valence-electron chi connectivity index (χ0n) is 6.06. The van der Waals surface area contributed by atoms with Gasteiger partial charge in [-0.15, -0.1) is 0 Å². The predicted molar refractivity (Wildman–Crippen MR) is 41.3 cm³/mol. The summed E-state index contributed by atoms with van der Waals surface area (Å²) in [5.74, 6) is 0.829. The highest BCUT2D eigenvalue weighted by Crippen LogP contribution is 2.21. The molecule has 9 heavy (non-hydrogen) atoms. The fraction of sp³-hybridized carbons (Fsp3) is 0.556. The summed E-state index contributed by atoms with van der Waals surface area (Å²) in [7, 11) is 0. The molecule has 1 unspecified atom stereocenters. The molecule has 0 radical (unpaired) electrons. The second-order valence-electron chi connectivity index (χ2n) is 2.72. The SMILES string of the molecule is C=C1C=CC(CC)CC1. The van der Waals surface area contributed by atoms with Crippen molar-refractivity contribution >= 4 is 0 Å². The van der Waals surface area contributed by atoms with E-state index in [1.54, 1.807) is 0 Å². The van der Waals surface area contributed by atoms with E-state index in [2.05, 4.69) is 25.7 Å². The minimum absolute atomic E-state index is 0.829. The second-order valence-corrected chi connectivity index (χ2v) is 2.72. The topological polar surface area (TPSA) is 0 Å². The lowest BCUT2D eigenvalue weighted by Gasteiger charge is -2.14. The van der Waals surface area contributed by atoms with Gasteiger partial charge in [0.1, 0.15) is 0 Å². The molecule has 0 nitrogen and oxygen atoms in total. The first-order valence-electron chi connectivity index (χ1n) is 3.69. The van der Waals surface area contributed by atoms with E-state index in [1.807, 2.05) is 0 Å². The third kappa shape index (κ3) is 1.70. The largest absolute Gasteiger partial charge is 0.0958 e. The van der Waals surface area contributed by atoms with Gasteiger partial charge < -0.3 is 0 Å². The Morgan fingerprint density at radius 1 is 1.78 bits per heavy atom. The van der Waals surface area contributed by atoms with Crippen molar-refractivity contribution in [2.24, 2.45) is 5.92 Å². The van der Waals surface area contributed by atoms with Crippen molar-refractivity contribution in [1.82, 2.24) is 0 Å². The minimum atomic E-state index is 0.829.